The Hall–Kier alpha value is -1.17. The number of carbonyl (C=O) groups is 2. The van der Waals surface area contributed by atoms with Crippen molar-refractivity contribution in [3.63, 3.8) is 0 Å². The fourth-order valence-corrected chi connectivity index (χ4v) is 1.19. The summed E-state index contributed by atoms with van der Waals surface area (Å²) in [5.74, 6) is -1.30. The predicted octanol–water partition coefficient (Wildman–Crippen LogP) is -0.824. The first kappa shape index (κ1) is 8.92. The van der Waals surface area contributed by atoms with E-state index in [1.165, 1.54) is 11.9 Å². The van der Waals surface area contributed by atoms with Crippen LogP contribution in [0.5, 0.6) is 0 Å². The van der Waals surface area contributed by atoms with Crippen molar-refractivity contribution in [2.45, 2.75) is 12.5 Å². The van der Waals surface area contributed by atoms with E-state index >= 15 is 0 Å². The summed E-state index contributed by atoms with van der Waals surface area (Å²) in [5, 5.41) is 11.3. The first-order chi connectivity index (χ1) is 5.52. The van der Waals surface area contributed by atoms with Crippen molar-refractivity contribution < 1.29 is 14.7 Å². The van der Waals surface area contributed by atoms with E-state index in [-0.39, 0.29) is 17.4 Å². The molecule has 1 heterocycles. The molecule has 0 saturated carbocycles. The van der Waals surface area contributed by atoms with E-state index < -0.39 is 12.0 Å². The predicted molar refractivity (Wildman–Crippen MR) is 44.5 cm³/mol. The molecule has 1 atom stereocenters. The van der Waals surface area contributed by atoms with Gasteiger partial charge in [-0.25, -0.2) is 0 Å². The van der Waals surface area contributed by atoms with Crippen molar-refractivity contribution in [1.82, 2.24) is 10.2 Å². The van der Waals surface area contributed by atoms with Gasteiger partial charge in [0, 0.05) is 7.05 Å². The highest BCUT2D eigenvalue weighted by molar-refractivity contribution is 7.80. The number of carboxylic acids is 1. The largest absolute Gasteiger partial charge is 0.481 e. The molecule has 0 radical (unpaired) electrons. The van der Waals surface area contributed by atoms with Gasteiger partial charge < -0.3 is 10.4 Å². The van der Waals surface area contributed by atoms with Gasteiger partial charge in [-0.1, -0.05) is 0 Å². The van der Waals surface area contributed by atoms with Crippen LogP contribution in [-0.2, 0) is 9.59 Å². The SMILES string of the molecule is CN1C(=O)C(CC(=O)O)NC1=S. The summed E-state index contributed by atoms with van der Waals surface area (Å²) in [6, 6.07) is -0.694. The van der Waals surface area contributed by atoms with E-state index in [0.717, 1.165) is 0 Å². The smallest absolute Gasteiger partial charge is 0.305 e. The highest BCUT2D eigenvalue weighted by Crippen LogP contribution is 2.06. The van der Waals surface area contributed by atoms with Crippen LogP contribution in [-0.4, -0.2) is 40.1 Å². The van der Waals surface area contributed by atoms with Gasteiger partial charge in [0.2, 0.25) is 0 Å². The number of carbonyl (C=O) groups excluding carboxylic acids is 1. The molecule has 1 fully saturated rings. The monoisotopic (exact) mass is 188 g/mol. The number of hydrogen-bond acceptors (Lipinski definition) is 3. The summed E-state index contributed by atoms with van der Waals surface area (Å²) in [6.07, 6.45) is -0.233. The lowest BCUT2D eigenvalue weighted by molar-refractivity contribution is -0.140. The highest BCUT2D eigenvalue weighted by atomic mass is 32.1. The van der Waals surface area contributed by atoms with Gasteiger partial charge in [-0.05, 0) is 12.2 Å². The maximum absolute atomic E-state index is 11.2. The standard InChI is InChI=1S/C6H8N2O3S/c1-8-5(11)3(2-4(9)10)7-6(8)12/h3H,2H2,1H3,(H,7,12)(H,9,10). The van der Waals surface area contributed by atoms with E-state index in [4.69, 9.17) is 17.3 Å². The Kier molecular flexibility index (Phi) is 2.27. The summed E-state index contributed by atoms with van der Waals surface area (Å²) in [6.45, 7) is 0. The molecule has 6 heteroatoms. The number of rotatable bonds is 2. The third-order valence-corrected chi connectivity index (χ3v) is 2.00. The van der Waals surface area contributed by atoms with Crippen LogP contribution < -0.4 is 5.32 Å². The van der Waals surface area contributed by atoms with Crippen LogP contribution in [0.15, 0.2) is 0 Å². The van der Waals surface area contributed by atoms with Crippen LogP contribution in [0.25, 0.3) is 0 Å². The van der Waals surface area contributed by atoms with Crippen LogP contribution in [0.1, 0.15) is 6.42 Å². The first-order valence-electron chi connectivity index (χ1n) is 3.32. The lowest BCUT2D eigenvalue weighted by Gasteiger charge is -2.04. The van der Waals surface area contributed by atoms with Crippen molar-refractivity contribution in [2.24, 2.45) is 0 Å². The highest BCUT2D eigenvalue weighted by Gasteiger charge is 2.33. The molecule has 0 bridgehead atoms. The molecule has 1 unspecified atom stereocenters. The minimum atomic E-state index is -1.01. The molecule has 0 aromatic heterocycles. The van der Waals surface area contributed by atoms with Crippen LogP contribution in [0.3, 0.4) is 0 Å². The summed E-state index contributed by atoms with van der Waals surface area (Å²) in [5.41, 5.74) is 0. The van der Waals surface area contributed by atoms with Gasteiger partial charge >= 0.3 is 5.97 Å². The maximum atomic E-state index is 11.2. The number of hydrogen-bond donors (Lipinski definition) is 2. The second-order valence-corrected chi connectivity index (χ2v) is 2.88. The van der Waals surface area contributed by atoms with Gasteiger partial charge in [-0.3, -0.25) is 14.5 Å². The van der Waals surface area contributed by atoms with Crippen molar-refractivity contribution >= 4 is 29.2 Å². The van der Waals surface area contributed by atoms with Crippen LogP contribution in [0, 0.1) is 0 Å². The lowest BCUT2D eigenvalue weighted by atomic mass is 10.2. The van der Waals surface area contributed by atoms with Crippen molar-refractivity contribution in [3.8, 4) is 0 Å². The quantitative estimate of drug-likeness (QED) is 0.554. The Morgan fingerprint density at radius 1 is 1.83 bits per heavy atom. The molecule has 1 aliphatic rings. The number of thiocarbonyl (C=S) groups is 1. The Balaban J connectivity index is 2.65. The Labute approximate surface area is 74.3 Å². The zero-order valence-electron chi connectivity index (χ0n) is 6.40. The molecule has 0 spiro atoms. The molecule has 0 aliphatic carbocycles. The van der Waals surface area contributed by atoms with E-state index in [2.05, 4.69) is 5.32 Å². The van der Waals surface area contributed by atoms with Crippen LogP contribution in [0.2, 0.25) is 0 Å². The normalized spacial score (nSPS) is 22.8. The van der Waals surface area contributed by atoms with Gasteiger partial charge in [-0.15, -0.1) is 0 Å². The average molecular weight is 188 g/mol. The molecule has 66 valence electrons. The molecular weight excluding hydrogens is 180 g/mol. The first-order valence-corrected chi connectivity index (χ1v) is 3.73. The number of nitrogens with zero attached hydrogens (tertiary/aromatic N) is 1. The molecule has 2 N–H and O–H groups in total. The number of amides is 1. The molecule has 1 saturated heterocycles. The molecule has 0 aromatic rings. The summed E-state index contributed by atoms with van der Waals surface area (Å²) < 4.78 is 0. The van der Waals surface area contributed by atoms with Gasteiger partial charge in [0.05, 0.1) is 6.42 Å². The van der Waals surface area contributed by atoms with E-state index in [0.29, 0.717) is 0 Å². The van der Waals surface area contributed by atoms with Crippen molar-refractivity contribution in [3.05, 3.63) is 0 Å². The third-order valence-electron chi connectivity index (χ3n) is 1.61. The molecule has 0 aromatic carbocycles. The van der Waals surface area contributed by atoms with E-state index in [1.807, 2.05) is 0 Å². The number of nitrogens with one attached hydrogen (secondary N) is 1. The molecular formula is C6H8N2O3S. The van der Waals surface area contributed by atoms with Crippen molar-refractivity contribution in [1.29, 1.82) is 0 Å². The minimum Gasteiger partial charge on any atom is -0.481 e. The van der Waals surface area contributed by atoms with Gasteiger partial charge in [-0.2, -0.15) is 0 Å². The minimum absolute atomic E-state index is 0.233. The summed E-state index contributed by atoms with van der Waals surface area (Å²) in [4.78, 5) is 22.7. The number of likely N-dealkylation sites (N-methyl/N-ethyl adjacent to an activating group) is 1. The van der Waals surface area contributed by atoms with Gasteiger partial charge in [0.15, 0.2) is 5.11 Å². The van der Waals surface area contributed by atoms with Crippen molar-refractivity contribution in [2.75, 3.05) is 7.05 Å². The summed E-state index contributed by atoms with van der Waals surface area (Å²) >= 11 is 4.75. The topological polar surface area (TPSA) is 69.6 Å². The average Bonchev–Trinajstić information content (AvgIpc) is 2.17. The number of carboxylic acid groups (broad SMARTS) is 1. The molecule has 12 heavy (non-hydrogen) atoms. The van der Waals surface area contributed by atoms with E-state index in [9.17, 15) is 9.59 Å². The van der Waals surface area contributed by atoms with E-state index in [1.54, 1.807) is 0 Å². The van der Waals surface area contributed by atoms with Gasteiger partial charge in [0.1, 0.15) is 6.04 Å². The second kappa shape index (κ2) is 3.06. The fourth-order valence-electron chi connectivity index (χ4n) is 0.954. The maximum Gasteiger partial charge on any atom is 0.305 e. The Bertz CT molecular complexity index is 251. The Morgan fingerprint density at radius 3 is 2.75 bits per heavy atom. The molecule has 1 aliphatic heterocycles. The Morgan fingerprint density at radius 2 is 2.42 bits per heavy atom. The number of aliphatic carboxylic acids is 1. The molecule has 1 amide bonds. The van der Waals surface area contributed by atoms with Crippen LogP contribution >= 0.6 is 12.2 Å². The van der Waals surface area contributed by atoms with Gasteiger partial charge in [0.25, 0.3) is 5.91 Å². The zero-order chi connectivity index (χ0) is 9.30. The zero-order valence-corrected chi connectivity index (χ0v) is 7.22. The third kappa shape index (κ3) is 1.53. The van der Waals surface area contributed by atoms with Crippen LogP contribution in [0.4, 0.5) is 0 Å². The lowest BCUT2D eigenvalue weighted by Crippen LogP contribution is -2.31. The fraction of sp³-hybridized carbons (Fsp3) is 0.500. The molecule has 1 rings (SSSR count). The molecule has 5 nitrogen and oxygen atoms in total. The summed E-state index contributed by atoms with van der Waals surface area (Å²) in [7, 11) is 1.51. The second-order valence-electron chi connectivity index (χ2n) is 2.50.